The number of Topliss-reactive ketones (excluding diaryl/α,β-unsaturated/α-hetero) is 1. The summed E-state index contributed by atoms with van der Waals surface area (Å²) >= 11 is 0. The van der Waals surface area contributed by atoms with Crippen LogP contribution in [0.2, 0.25) is 0 Å². The minimum Gasteiger partial charge on any atom is -0.427 e. The Morgan fingerprint density at radius 1 is 1.32 bits per heavy atom. The van der Waals surface area contributed by atoms with Crippen molar-refractivity contribution in [1.29, 1.82) is 0 Å². The van der Waals surface area contributed by atoms with Gasteiger partial charge in [0.25, 0.3) is 0 Å². The molecule has 2 rings (SSSR count). The van der Waals surface area contributed by atoms with Gasteiger partial charge in [0.05, 0.1) is 6.54 Å². The SMILES string of the molecule is CCCCC(=O)Oc1ccc(N2CCC(=O)C2)cc1. The van der Waals surface area contributed by atoms with Crippen LogP contribution < -0.4 is 9.64 Å². The van der Waals surface area contributed by atoms with Gasteiger partial charge in [0, 0.05) is 25.1 Å². The van der Waals surface area contributed by atoms with E-state index >= 15 is 0 Å². The van der Waals surface area contributed by atoms with Gasteiger partial charge in [-0.25, -0.2) is 0 Å². The average molecular weight is 261 g/mol. The van der Waals surface area contributed by atoms with E-state index in [9.17, 15) is 9.59 Å². The molecule has 19 heavy (non-hydrogen) atoms. The molecule has 0 radical (unpaired) electrons. The molecular formula is C15H19NO3. The molecule has 0 amide bonds. The molecule has 0 aromatic heterocycles. The Labute approximate surface area is 113 Å². The monoisotopic (exact) mass is 261 g/mol. The lowest BCUT2D eigenvalue weighted by atomic mass is 10.2. The summed E-state index contributed by atoms with van der Waals surface area (Å²) in [6.45, 7) is 3.30. The van der Waals surface area contributed by atoms with Crippen molar-refractivity contribution in [2.75, 3.05) is 18.0 Å². The number of hydrogen-bond acceptors (Lipinski definition) is 4. The Bertz CT molecular complexity index is 453. The largest absolute Gasteiger partial charge is 0.427 e. The number of ether oxygens (including phenoxy) is 1. The first-order valence-corrected chi connectivity index (χ1v) is 6.76. The molecule has 1 aromatic rings. The highest BCUT2D eigenvalue weighted by Gasteiger charge is 2.19. The van der Waals surface area contributed by atoms with Gasteiger partial charge >= 0.3 is 5.97 Å². The van der Waals surface area contributed by atoms with Crippen molar-refractivity contribution in [2.45, 2.75) is 32.6 Å². The Hall–Kier alpha value is -1.84. The highest BCUT2D eigenvalue weighted by Crippen LogP contribution is 2.22. The van der Waals surface area contributed by atoms with Crippen LogP contribution in [0.15, 0.2) is 24.3 Å². The molecule has 1 fully saturated rings. The predicted octanol–water partition coefficient (Wildman–Crippen LogP) is 2.56. The summed E-state index contributed by atoms with van der Waals surface area (Å²) in [6, 6.07) is 7.34. The highest BCUT2D eigenvalue weighted by atomic mass is 16.5. The van der Waals surface area contributed by atoms with Crippen LogP contribution >= 0.6 is 0 Å². The predicted molar refractivity (Wildman–Crippen MR) is 73.4 cm³/mol. The van der Waals surface area contributed by atoms with Gasteiger partial charge < -0.3 is 9.64 Å². The van der Waals surface area contributed by atoms with E-state index in [0.29, 0.717) is 25.1 Å². The van der Waals surface area contributed by atoms with E-state index in [1.807, 2.05) is 24.0 Å². The quantitative estimate of drug-likeness (QED) is 0.603. The van der Waals surface area contributed by atoms with Crippen molar-refractivity contribution in [1.82, 2.24) is 0 Å². The lowest BCUT2D eigenvalue weighted by Crippen LogP contribution is -2.19. The number of rotatable bonds is 5. The van der Waals surface area contributed by atoms with Gasteiger partial charge in [0.2, 0.25) is 0 Å². The number of esters is 1. The normalized spacial score (nSPS) is 14.8. The third-order valence-corrected chi connectivity index (χ3v) is 3.20. The van der Waals surface area contributed by atoms with Crippen LogP contribution in [0.1, 0.15) is 32.6 Å². The molecule has 0 aliphatic carbocycles. The van der Waals surface area contributed by atoms with E-state index in [1.165, 1.54) is 0 Å². The van der Waals surface area contributed by atoms with E-state index in [1.54, 1.807) is 12.1 Å². The Balaban J connectivity index is 1.91. The van der Waals surface area contributed by atoms with Gasteiger partial charge in [0.1, 0.15) is 5.75 Å². The van der Waals surface area contributed by atoms with Crippen molar-refractivity contribution < 1.29 is 14.3 Å². The van der Waals surface area contributed by atoms with Crippen LogP contribution in [0.3, 0.4) is 0 Å². The molecule has 0 bridgehead atoms. The lowest BCUT2D eigenvalue weighted by molar-refractivity contribution is -0.134. The highest BCUT2D eigenvalue weighted by molar-refractivity contribution is 5.87. The van der Waals surface area contributed by atoms with E-state index in [-0.39, 0.29) is 11.8 Å². The second-order valence-corrected chi connectivity index (χ2v) is 4.78. The van der Waals surface area contributed by atoms with Gasteiger partial charge in [-0.3, -0.25) is 9.59 Å². The molecule has 0 N–H and O–H groups in total. The fourth-order valence-electron chi connectivity index (χ4n) is 2.08. The molecule has 0 spiro atoms. The van der Waals surface area contributed by atoms with Crippen molar-refractivity contribution >= 4 is 17.4 Å². The molecule has 4 heteroatoms. The molecular weight excluding hydrogens is 242 g/mol. The maximum absolute atomic E-state index is 11.5. The minimum absolute atomic E-state index is 0.189. The number of carbonyl (C=O) groups excluding carboxylic acids is 2. The van der Waals surface area contributed by atoms with Crippen molar-refractivity contribution in [3.8, 4) is 5.75 Å². The summed E-state index contributed by atoms with van der Waals surface area (Å²) < 4.78 is 5.23. The summed E-state index contributed by atoms with van der Waals surface area (Å²) in [4.78, 5) is 24.7. The van der Waals surface area contributed by atoms with Gasteiger partial charge in [0.15, 0.2) is 5.78 Å². The summed E-state index contributed by atoms with van der Waals surface area (Å²) in [5.74, 6) is 0.649. The van der Waals surface area contributed by atoms with Crippen molar-refractivity contribution in [3.63, 3.8) is 0 Å². The zero-order chi connectivity index (χ0) is 13.7. The molecule has 102 valence electrons. The summed E-state index contributed by atoms with van der Waals surface area (Å²) in [6.07, 6.45) is 2.91. The third kappa shape index (κ3) is 3.81. The van der Waals surface area contributed by atoms with Crippen LogP contribution in [-0.2, 0) is 9.59 Å². The standard InChI is InChI=1S/C15H19NO3/c1-2-3-4-15(18)19-14-7-5-12(6-8-14)16-10-9-13(17)11-16/h5-8H,2-4,9-11H2,1H3. The topological polar surface area (TPSA) is 46.6 Å². The fraction of sp³-hybridized carbons (Fsp3) is 0.467. The number of unbranched alkanes of at least 4 members (excludes halogenated alkanes) is 1. The third-order valence-electron chi connectivity index (χ3n) is 3.20. The Morgan fingerprint density at radius 2 is 2.05 bits per heavy atom. The summed E-state index contributed by atoms with van der Waals surface area (Å²) in [5, 5.41) is 0. The summed E-state index contributed by atoms with van der Waals surface area (Å²) in [7, 11) is 0. The maximum atomic E-state index is 11.5. The molecule has 1 saturated heterocycles. The van der Waals surface area contributed by atoms with E-state index in [4.69, 9.17) is 4.74 Å². The number of nitrogens with zero attached hydrogens (tertiary/aromatic N) is 1. The molecule has 0 atom stereocenters. The molecule has 1 aliphatic rings. The molecule has 4 nitrogen and oxygen atoms in total. The molecule has 1 aliphatic heterocycles. The number of benzene rings is 1. The lowest BCUT2D eigenvalue weighted by Gasteiger charge is -2.16. The second kappa shape index (κ2) is 6.36. The first-order chi connectivity index (χ1) is 9.19. The minimum atomic E-state index is -0.189. The van der Waals surface area contributed by atoms with Crippen LogP contribution in [0.4, 0.5) is 5.69 Å². The smallest absolute Gasteiger partial charge is 0.311 e. The van der Waals surface area contributed by atoms with E-state index in [2.05, 4.69) is 0 Å². The van der Waals surface area contributed by atoms with Crippen LogP contribution in [-0.4, -0.2) is 24.8 Å². The second-order valence-electron chi connectivity index (χ2n) is 4.78. The van der Waals surface area contributed by atoms with Gasteiger partial charge in [-0.15, -0.1) is 0 Å². The number of carbonyl (C=O) groups is 2. The van der Waals surface area contributed by atoms with Crippen molar-refractivity contribution in [2.24, 2.45) is 0 Å². The van der Waals surface area contributed by atoms with Crippen LogP contribution in [0.5, 0.6) is 5.75 Å². The zero-order valence-corrected chi connectivity index (χ0v) is 11.2. The van der Waals surface area contributed by atoms with E-state index < -0.39 is 0 Å². The molecule has 0 unspecified atom stereocenters. The zero-order valence-electron chi connectivity index (χ0n) is 11.2. The van der Waals surface area contributed by atoms with Gasteiger partial charge in [-0.1, -0.05) is 13.3 Å². The Morgan fingerprint density at radius 3 is 2.63 bits per heavy atom. The van der Waals surface area contributed by atoms with E-state index in [0.717, 1.165) is 25.1 Å². The molecule has 0 saturated carbocycles. The first kappa shape index (κ1) is 13.6. The van der Waals surface area contributed by atoms with Gasteiger partial charge in [-0.05, 0) is 30.7 Å². The summed E-state index contributed by atoms with van der Waals surface area (Å²) in [5.41, 5.74) is 0.999. The number of hydrogen-bond donors (Lipinski definition) is 0. The van der Waals surface area contributed by atoms with Crippen LogP contribution in [0, 0.1) is 0 Å². The fourth-order valence-corrected chi connectivity index (χ4v) is 2.08. The molecule has 1 heterocycles. The first-order valence-electron chi connectivity index (χ1n) is 6.76. The maximum Gasteiger partial charge on any atom is 0.311 e. The number of anilines is 1. The Kier molecular flexibility index (Phi) is 4.55. The molecule has 1 aromatic carbocycles. The van der Waals surface area contributed by atoms with Crippen molar-refractivity contribution in [3.05, 3.63) is 24.3 Å². The van der Waals surface area contributed by atoms with Gasteiger partial charge in [-0.2, -0.15) is 0 Å². The average Bonchev–Trinajstić information content (AvgIpc) is 2.84. The number of ketones is 1. The van der Waals surface area contributed by atoms with Crippen LogP contribution in [0.25, 0.3) is 0 Å².